The number of nitrogens with zero attached hydrogens (tertiary/aromatic N) is 1. The van der Waals surface area contributed by atoms with Crippen molar-refractivity contribution in [2.24, 2.45) is 0 Å². The molecular formula is C15H21N. The number of fused-ring (bicyclic) bond motifs is 1. The molecule has 0 aliphatic carbocycles. The molecule has 0 spiro atoms. The van der Waals surface area contributed by atoms with Crippen LogP contribution in [0.15, 0.2) is 18.3 Å². The molecule has 86 valence electrons. The van der Waals surface area contributed by atoms with E-state index in [2.05, 4.69) is 38.7 Å². The molecule has 1 heteroatoms. The fourth-order valence-corrected chi connectivity index (χ4v) is 1.95. The summed E-state index contributed by atoms with van der Waals surface area (Å²) in [6, 6.07) is 4.15. The largest absolute Gasteiger partial charge is 0.256 e. The van der Waals surface area contributed by atoms with Gasteiger partial charge in [-0.15, -0.1) is 0 Å². The van der Waals surface area contributed by atoms with Crippen LogP contribution in [0.25, 0.3) is 10.9 Å². The monoisotopic (exact) mass is 215 g/mol. The molecule has 0 fully saturated rings. The Morgan fingerprint density at radius 3 is 2.00 bits per heavy atom. The van der Waals surface area contributed by atoms with Crippen molar-refractivity contribution in [1.82, 2.24) is 4.98 Å². The number of hydrogen-bond donors (Lipinski definition) is 0. The molecule has 0 saturated carbocycles. The minimum atomic E-state index is 1.15. The Hall–Kier alpha value is -1.37. The molecule has 0 amide bonds. The van der Waals surface area contributed by atoms with E-state index in [4.69, 9.17) is 0 Å². The van der Waals surface area contributed by atoms with Gasteiger partial charge in [-0.2, -0.15) is 0 Å². The fourth-order valence-electron chi connectivity index (χ4n) is 1.95. The van der Waals surface area contributed by atoms with Crippen molar-refractivity contribution in [3.63, 3.8) is 0 Å². The summed E-state index contributed by atoms with van der Waals surface area (Å²) in [4.78, 5) is 4.44. The van der Waals surface area contributed by atoms with Gasteiger partial charge in [0.15, 0.2) is 0 Å². The van der Waals surface area contributed by atoms with Crippen LogP contribution in [0, 0.1) is 27.7 Å². The topological polar surface area (TPSA) is 12.9 Å². The Morgan fingerprint density at radius 1 is 0.812 bits per heavy atom. The van der Waals surface area contributed by atoms with E-state index in [9.17, 15) is 0 Å². The third kappa shape index (κ3) is 1.95. The molecule has 1 aromatic heterocycles. The van der Waals surface area contributed by atoms with E-state index >= 15 is 0 Å². The lowest BCUT2D eigenvalue weighted by Gasteiger charge is -2.12. The van der Waals surface area contributed by atoms with Gasteiger partial charge in [-0.3, -0.25) is 4.98 Å². The van der Waals surface area contributed by atoms with Crippen LogP contribution >= 0.6 is 0 Å². The number of rotatable bonds is 0. The number of aryl methyl sites for hydroxylation is 2. The summed E-state index contributed by atoms with van der Waals surface area (Å²) in [7, 11) is 0. The Balaban J connectivity index is 0.000000606. The molecule has 0 aliphatic rings. The normalized spacial score (nSPS) is 9.88. The first-order valence-electron chi connectivity index (χ1n) is 5.94. The second-order valence-corrected chi connectivity index (χ2v) is 3.90. The lowest BCUT2D eigenvalue weighted by atomic mass is 9.95. The van der Waals surface area contributed by atoms with Gasteiger partial charge in [-0.1, -0.05) is 19.9 Å². The molecule has 1 aromatic carbocycles. The molecule has 1 heterocycles. The maximum atomic E-state index is 4.44. The highest BCUT2D eigenvalue weighted by molar-refractivity contribution is 5.87. The van der Waals surface area contributed by atoms with Gasteiger partial charge in [0.05, 0.1) is 5.52 Å². The second-order valence-electron chi connectivity index (χ2n) is 3.90. The average Bonchev–Trinajstić information content (AvgIpc) is 2.36. The Bertz CT molecular complexity index is 452. The van der Waals surface area contributed by atoms with Crippen LogP contribution in [-0.2, 0) is 0 Å². The quantitative estimate of drug-likeness (QED) is 0.630. The van der Waals surface area contributed by atoms with Gasteiger partial charge in [-0.25, -0.2) is 0 Å². The summed E-state index contributed by atoms with van der Waals surface area (Å²) in [5.41, 5.74) is 6.57. The smallest absolute Gasteiger partial charge is 0.0736 e. The first kappa shape index (κ1) is 12.7. The minimum Gasteiger partial charge on any atom is -0.256 e. The molecule has 0 atom stereocenters. The molecule has 1 nitrogen and oxygen atoms in total. The predicted molar refractivity (Wildman–Crippen MR) is 72.0 cm³/mol. The second kappa shape index (κ2) is 5.11. The first-order valence-corrected chi connectivity index (χ1v) is 5.94. The van der Waals surface area contributed by atoms with Gasteiger partial charge < -0.3 is 0 Å². The van der Waals surface area contributed by atoms with E-state index in [1.165, 1.54) is 27.6 Å². The molecular weight excluding hydrogens is 194 g/mol. The van der Waals surface area contributed by atoms with Gasteiger partial charge in [0, 0.05) is 11.6 Å². The zero-order valence-corrected chi connectivity index (χ0v) is 11.2. The van der Waals surface area contributed by atoms with Crippen LogP contribution in [0.4, 0.5) is 0 Å². The Labute approximate surface area is 98.5 Å². The van der Waals surface area contributed by atoms with E-state index < -0.39 is 0 Å². The first-order chi connectivity index (χ1) is 7.63. The van der Waals surface area contributed by atoms with Crippen LogP contribution in [0.3, 0.4) is 0 Å². The summed E-state index contributed by atoms with van der Waals surface area (Å²) >= 11 is 0. The SMILES string of the molecule is CC.Cc1c(C)c(C)c2ncccc2c1C. The number of aromatic nitrogens is 1. The maximum absolute atomic E-state index is 4.44. The summed E-state index contributed by atoms with van der Waals surface area (Å²) < 4.78 is 0. The molecule has 0 aliphatic heterocycles. The Morgan fingerprint density at radius 2 is 1.38 bits per heavy atom. The lowest BCUT2D eigenvalue weighted by Crippen LogP contribution is -1.95. The van der Waals surface area contributed by atoms with Crippen LogP contribution in [0.1, 0.15) is 36.1 Å². The van der Waals surface area contributed by atoms with Crippen LogP contribution < -0.4 is 0 Å². The highest BCUT2D eigenvalue weighted by Crippen LogP contribution is 2.26. The average molecular weight is 215 g/mol. The fraction of sp³-hybridized carbons (Fsp3) is 0.400. The summed E-state index contributed by atoms with van der Waals surface area (Å²) in [5.74, 6) is 0. The Kier molecular flexibility index (Phi) is 4.05. The maximum Gasteiger partial charge on any atom is 0.0736 e. The van der Waals surface area contributed by atoms with Crippen molar-refractivity contribution in [2.75, 3.05) is 0 Å². The van der Waals surface area contributed by atoms with Crippen molar-refractivity contribution in [3.8, 4) is 0 Å². The zero-order valence-electron chi connectivity index (χ0n) is 11.2. The highest BCUT2D eigenvalue weighted by atomic mass is 14.6. The van der Waals surface area contributed by atoms with Gasteiger partial charge in [0.2, 0.25) is 0 Å². The van der Waals surface area contributed by atoms with Crippen molar-refractivity contribution in [2.45, 2.75) is 41.5 Å². The summed E-state index contributed by atoms with van der Waals surface area (Å²) in [6.45, 7) is 12.7. The standard InChI is InChI=1S/C13H15N.C2H6/c1-8-9(2)11(4)13-12(10(8)3)6-5-7-14-13;1-2/h5-7H,1-4H3;1-2H3. The van der Waals surface area contributed by atoms with E-state index in [-0.39, 0.29) is 0 Å². The zero-order chi connectivity index (χ0) is 12.3. The van der Waals surface area contributed by atoms with Gasteiger partial charge in [-0.05, 0) is 56.0 Å². The molecule has 0 unspecified atom stereocenters. The van der Waals surface area contributed by atoms with Crippen molar-refractivity contribution >= 4 is 10.9 Å². The van der Waals surface area contributed by atoms with E-state index in [1.54, 1.807) is 0 Å². The highest BCUT2D eigenvalue weighted by Gasteiger charge is 2.08. The van der Waals surface area contributed by atoms with Gasteiger partial charge >= 0.3 is 0 Å². The third-order valence-corrected chi connectivity index (χ3v) is 3.25. The number of benzene rings is 1. The van der Waals surface area contributed by atoms with Crippen LogP contribution in [-0.4, -0.2) is 4.98 Å². The molecule has 16 heavy (non-hydrogen) atoms. The summed E-state index contributed by atoms with van der Waals surface area (Å²) in [5, 5.41) is 1.29. The molecule has 0 radical (unpaired) electrons. The lowest BCUT2D eigenvalue weighted by molar-refractivity contribution is 1.23. The molecule has 0 saturated heterocycles. The van der Waals surface area contributed by atoms with E-state index in [1.807, 2.05) is 26.1 Å². The van der Waals surface area contributed by atoms with Crippen LogP contribution in [0.5, 0.6) is 0 Å². The van der Waals surface area contributed by atoms with E-state index in [0.717, 1.165) is 5.52 Å². The summed E-state index contributed by atoms with van der Waals surface area (Å²) in [6.07, 6.45) is 1.86. The van der Waals surface area contributed by atoms with Crippen molar-refractivity contribution in [3.05, 3.63) is 40.6 Å². The van der Waals surface area contributed by atoms with Crippen molar-refractivity contribution < 1.29 is 0 Å². The van der Waals surface area contributed by atoms with Gasteiger partial charge in [0.25, 0.3) is 0 Å². The predicted octanol–water partition coefficient (Wildman–Crippen LogP) is 4.49. The van der Waals surface area contributed by atoms with Crippen molar-refractivity contribution in [1.29, 1.82) is 0 Å². The number of pyridine rings is 1. The molecule has 2 rings (SSSR count). The van der Waals surface area contributed by atoms with Gasteiger partial charge in [0.1, 0.15) is 0 Å². The van der Waals surface area contributed by atoms with E-state index in [0.29, 0.717) is 0 Å². The van der Waals surface area contributed by atoms with Crippen LogP contribution in [0.2, 0.25) is 0 Å². The molecule has 0 N–H and O–H groups in total. The minimum absolute atomic E-state index is 1.15. The number of hydrogen-bond acceptors (Lipinski definition) is 1. The third-order valence-electron chi connectivity index (χ3n) is 3.25. The molecule has 0 bridgehead atoms. The molecule has 2 aromatic rings.